The number of carbonyl (C=O) groups is 1. The van der Waals surface area contributed by atoms with Crippen LogP contribution in [0.5, 0.6) is 5.75 Å². The molecule has 2 aromatic carbocycles. The summed E-state index contributed by atoms with van der Waals surface area (Å²) in [7, 11) is 0. The van der Waals surface area contributed by atoms with Crippen LogP contribution in [0.3, 0.4) is 0 Å². The van der Waals surface area contributed by atoms with Crippen molar-refractivity contribution in [1.82, 2.24) is 10.3 Å². The smallest absolute Gasteiger partial charge is 0.260 e. The number of amides is 1. The highest BCUT2D eigenvalue weighted by Crippen LogP contribution is 2.31. The normalized spacial score (nSPS) is 17.7. The lowest BCUT2D eigenvalue weighted by Crippen LogP contribution is -2.40. The van der Waals surface area contributed by atoms with Gasteiger partial charge in [-0.1, -0.05) is 12.1 Å². The number of ether oxygens (including phenoxy) is 2. The van der Waals surface area contributed by atoms with E-state index in [0.717, 1.165) is 35.5 Å². The minimum Gasteiger partial charge on any atom is -0.481 e. The average Bonchev–Trinajstić information content (AvgIpc) is 3.36. The first kappa shape index (κ1) is 17.9. The summed E-state index contributed by atoms with van der Waals surface area (Å²) in [5, 5.41) is 3.88. The van der Waals surface area contributed by atoms with Gasteiger partial charge in [-0.15, -0.1) is 11.3 Å². The number of nitrogens with zero attached hydrogens (tertiary/aromatic N) is 1. The van der Waals surface area contributed by atoms with Gasteiger partial charge in [-0.25, -0.2) is 4.98 Å². The van der Waals surface area contributed by atoms with Crippen LogP contribution in [0.15, 0.2) is 48.5 Å². The predicted octanol–water partition coefficient (Wildman–Crippen LogP) is 4.03. The van der Waals surface area contributed by atoms with E-state index in [1.807, 2.05) is 42.5 Å². The van der Waals surface area contributed by atoms with E-state index in [1.165, 1.54) is 4.70 Å². The van der Waals surface area contributed by atoms with Crippen LogP contribution in [-0.2, 0) is 9.53 Å². The Hall–Kier alpha value is -2.44. The highest BCUT2D eigenvalue weighted by Gasteiger charge is 2.19. The zero-order chi connectivity index (χ0) is 18.6. The van der Waals surface area contributed by atoms with E-state index in [0.29, 0.717) is 12.3 Å². The first-order chi connectivity index (χ1) is 13.2. The monoisotopic (exact) mass is 382 g/mol. The van der Waals surface area contributed by atoms with E-state index in [-0.39, 0.29) is 12.0 Å². The van der Waals surface area contributed by atoms with Crippen LogP contribution >= 0.6 is 11.3 Å². The van der Waals surface area contributed by atoms with Crippen molar-refractivity contribution in [3.05, 3.63) is 48.5 Å². The van der Waals surface area contributed by atoms with Gasteiger partial charge in [0.15, 0.2) is 6.10 Å². The Balaban J connectivity index is 1.36. The minimum absolute atomic E-state index is 0.124. The van der Waals surface area contributed by atoms with Crippen molar-refractivity contribution in [3.63, 3.8) is 0 Å². The van der Waals surface area contributed by atoms with E-state index in [2.05, 4.69) is 16.4 Å². The molecule has 1 saturated heterocycles. The van der Waals surface area contributed by atoms with Gasteiger partial charge >= 0.3 is 0 Å². The minimum atomic E-state index is -0.556. The molecule has 2 heterocycles. The maximum absolute atomic E-state index is 12.2. The van der Waals surface area contributed by atoms with Crippen LogP contribution in [0.1, 0.15) is 19.8 Å². The Labute approximate surface area is 162 Å². The predicted molar refractivity (Wildman–Crippen MR) is 107 cm³/mol. The van der Waals surface area contributed by atoms with Crippen LogP contribution in [0.2, 0.25) is 0 Å². The molecule has 2 atom stereocenters. The molecule has 4 rings (SSSR count). The Morgan fingerprint density at radius 1 is 1.30 bits per heavy atom. The fourth-order valence-electron chi connectivity index (χ4n) is 3.09. The number of benzene rings is 2. The van der Waals surface area contributed by atoms with E-state index < -0.39 is 6.10 Å². The summed E-state index contributed by atoms with van der Waals surface area (Å²) in [5.41, 5.74) is 2.05. The molecule has 0 saturated carbocycles. The number of hydrogen-bond donors (Lipinski definition) is 1. The zero-order valence-corrected chi connectivity index (χ0v) is 16.0. The fourth-order valence-corrected chi connectivity index (χ4v) is 4.06. The fraction of sp³-hybridized carbons (Fsp3) is 0.333. The summed E-state index contributed by atoms with van der Waals surface area (Å²) in [6.07, 6.45) is 1.64. The molecule has 6 heteroatoms. The molecule has 0 unspecified atom stereocenters. The quantitative estimate of drug-likeness (QED) is 0.699. The summed E-state index contributed by atoms with van der Waals surface area (Å²) in [6.45, 7) is 3.09. The molecule has 1 aliphatic heterocycles. The Bertz CT molecular complexity index is 884. The second-order valence-electron chi connectivity index (χ2n) is 6.65. The Morgan fingerprint density at radius 3 is 2.85 bits per heavy atom. The molecule has 1 fully saturated rings. The average molecular weight is 382 g/mol. The van der Waals surface area contributed by atoms with Gasteiger partial charge in [-0.3, -0.25) is 4.79 Å². The molecule has 1 N–H and O–H groups in total. The number of rotatable bonds is 6. The van der Waals surface area contributed by atoms with Crippen LogP contribution in [0.4, 0.5) is 0 Å². The Kier molecular flexibility index (Phi) is 5.36. The van der Waals surface area contributed by atoms with E-state index in [9.17, 15) is 4.79 Å². The lowest BCUT2D eigenvalue weighted by Gasteiger charge is -2.16. The largest absolute Gasteiger partial charge is 0.481 e. The van der Waals surface area contributed by atoms with Crippen molar-refractivity contribution in [1.29, 1.82) is 0 Å². The Morgan fingerprint density at radius 2 is 2.11 bits per heavy atom. The lowest BCUT2D eigenvalue weighted by atomic mass is 10.2. The number of thiazole rings is 1. The lowest BCUT2D eigenvalue weighted by molar-refractivity contribution is -0.127. The maximum Gasteiger partial charge on any atom is 0.260 e. The van der Waals surface area contributed by atoms with E-state index in [1.54, 1.807) is 18.3 Å². The van der Waals surface area contributed by atoms with Crippen LogP contribution in [-0.4, -0.2) is 36.3 Å². The topological polar surface area (TPSA) is 60.5 Å². The number of hydrogen-bond acceptors (Lipinski definition) is 5. The molecule has 140 valence electrons. The van der Waals surface area contributed by atoms with Crippen molar-refractivity contribution < 1.29 is 14.3 Å². The molecule has 1 aliphatic rings. The van der Waals surface area contributed by atoms with Gasteiger partial charge in [0.1, 0.15) is 10.8 Å². The van der Waals surface area contributed by atoms with Crippen molar-refractivity contribution >= 4 is 27.5 Å². The van der Waals surface area contributed by atoms with Gasteiger partial charge in [-0.05, 0) is 56.2 Å². The first-order valence-corrected chi connectivity index (χ1v) is 10.0. The van der Waals surface area contributed by atoms with E-state index >= 15 is 0 Å². The molecular weight excluding hydrogens is 360 g/mol. The van der Waals surface area contributed by atoms with E-state index in [4.69, 9.17) is 9.47 Å². The molecule has 0 aliphatic carbocycles. The van der Waals surface area contributed by atoms with Gasteiger partial charge in [0.2, 0.25) is 0 Å². The van der Waals surface area contributed by atoms with Gasteiger partial charge in [-0.2, -0.15) is 0 Å². The van der Waals surface area contributed by atoms with Gasteiger partial charge in [0.25, 0.3) is 5.91 Å². The molecule has 0 bridgehead atoms. The third kappa shape index (κ3) is 4.28. The standard InChI is InChI=1S/C21H22N2O3S/c1-14(20(24)22-13-17-5-4-12-25-17)26-16-10-8-15(9-11-16)21-23-18-6-2-3-7-19(18)27-21/h2-3,6-11,14,17H,4-5,12-13H2,1H3,(H,22,24)/t14-,17+/m0/s1. The number of nitrogens with one attached hydrogen (secondary N) is 1. The maximum atomic E-state index is 12.2. The highest BCUT2D eigenvalue weighted by molar-refractivity contribution is 7.21. The first-order valence-electron chi connectivity index (χ1n) is 9.21. The third-order valence-electron chi connectivity index (χ3n) is 4.61. The highest BCUT2D eigenvalue weighted by atomic mass is 32.1. The molecule has 0 radical (unpaired) electrons. The van der Waals surface area contributed by atoms with Gasteiger partial charge < -0.3 is 14.8 Å². The second kappa shape index (κ2) is 8.06. The summed E-state index contributed by atoms with van der Waals surface area (Å²) < 4.78 is 12.5. The molecule has 1 aromatic heterocycles. The van der Waals surface area contributed by atoms with Crippen LogP contribution < -0.4 is 10.1 Å². The van der Waals surface area contributed by atoms with Gasteiger partial charge in [0.05, 0.1) is 16.3 Å². The van der Waals surface area contributed by atoms with Gasteiger partial charge in [0, 0.05) is 18.7 Å². The van der Waals surface area contributed by atoms with Crippen molar-refractivity contribution in [2.75, 3.05) is 13.2 Å². The molecule has 3 aromatic rings. The number of para-hydroxylation sites is 1. The van der Waals surface area contributed by atoms with Crippen molar-refractivity contribution in [2.24, 2.45) is 0 Å². The SMILES string of the molecule is C[C@H](Oc1ccc(-c2nc3ccccc3s2)cc1)C(=O)NC[C@H]1CCCO1. The zero-order valence-electron chi connectivity index (χ0n) is 15.2. The summed E-state index contributed by atoms with van der Waals surface area (Å²) in [6, 6.07) is 15.8. The molecule has 1 amide bonds. The number of carbonyl (C=O) groups excluding carboxylic acids is 1. The van der Waals surface area contributed by atoms with Crippen molar-refractivity contribution in [3.8, 4) is 16.3 Å². The van der Waals surface area contributed by atoms with Crippen molar-refractivity contribution in [2.45, 2.75) is 32.0 Å². The summed E-state index contributed by atoms with van der Waals surface area (Å²) in [5.74, 6) is 0.542. The molecule has 0 spiro atoms. The second-order valence-corrected chi connectivity index (χ2v) is 7.68. The van der Waals surface area contributed by atoms with Crippen LogP contribution in [0, 0.1) is 0 Å². The summed E-state index contributed by atoms with van der Waals surface area (Å²) in [4.78, 5) is 16.9. The van der Waals surface area contributed by atoms with Crippen LogP contribution in [0.25, 0.3) is 20.8 Å². The molecule has 5 nitrogen and oxygen atoms in total. The molecule has 27 heavy (non-hydrogen) atoms. The summed E-state index contributed by atoms with van der Waals surface area (Å²) >= 11 is 1.67. The third-order valence-corrected chi connectivity index (χ3v) is 5.69. The number of fused-ring (bicyclic) bond motifs is 1. The molecular formula is C21H22N2O3S. The number of aromatic nitrogens is 1.